The van der Waals surface area contributed by atoms with Crippen molar-refractivity contribution in [1.82, 2.24) is 0 Å². The summed E-state index contributed by atoms with van der Waals surface area (Å²) in [4.78, 5) is 11.1. The van der Waals surface area contributed by atoms with E-state index in [2.05, 4.69) is 0 Å². The van der Waals surface area contributed by atoms with Gasteiger partial charge >= 0.3 is 0 Å². The molecule has 1 aliphatic rings. The van der Waals surface area contributed by atoms with Gasteiger partial charge in [0.2, 0.25) is 0 Å². The van der Waals surface area contributed by atoms with E-state index in [0.717, 1.165) is 11.1 Å². The molecule has 1 aromatic carbocycles. The van der Waals surface area contributed by atoms with Crippen molar-refractivity contribution in [3.63, 3.8) is 0 Å². The van der Waals surface area contributed by atoms with Crippen LogP contribution in [0.15, 0.2) is 24.3 Å². The average Bonchev–Trinajstić information content (AvgIpc) is 2.30. The van der Waals surface area contributed by atoms with Crippen molar-refractivity contribution >= 4 is 5.78 Å². The molecule has 0 saturated carbocycles. The minimum Gasteiger partial charge on any atom is -0.318 e. The average molecular weight is 147 g/mol. The zero-order valence-electron chi connectivity index (χ0n) is 6.08. The van der Waals surface area contributed by atoms with Crippen molar-refractivity contribution in [2.75, 3.05) is 0 Å². The molecular weight excluding hydrogens is 138 g/mol. The van der Waals surface area contributed by atoms with E-state index < -0.39 is 0 Å². The Balaban J connectivity index is 2.55. The molecule has 0 amide bonds. The van der Waals surface area contributed by atoms with Crippen molar-refractivity contribution in [3.05, 3.63) is 35.4 Å². The third kappa shape index (κ3) is 0.870. The van der Waals surface area contributed by atoms with E-state index >= 15 is 0 Å². The van der Waals surface area contributed by atoms with Crippen LogP contribution in [0.25, 0.3) is 0 Å². The number of carbonyl (C=O) groups is 1. The van der Waals surface area contributed by atoms with Crippen molar-refractivity contribution in [3.8, 4) is 0 Å². The molecule has 2 rings (SSSR count). The SMILES string of the molecule is N[C@@H]1C(=O)Cc2ccccc21. The molecule has 1 atom stereocenters. The second-order valence-corrected chi connectivity index (χ2v) is 2.82. The standard InChI is InChI=1S/C9H9NO/c10-9-7-4-2-1-3-6(7)5-8(9)11/h1-4,9H,5,10H2/t9-/m0/s1. The minimum atomic E-state index is -0.369. The van der Waals surface area contributed by atoms with Gasteiger partial charge in [0.1, 0.15) is 0 Å². The summed E-state index contributed by atoms with van der Waals surface area (Å²) in [6.45, 7) is 0. The van der Waals surface area contributed by atoms with Gasteiger partial charge in [0.05, 0.1) is 6.04 Å². The summed E-state index contributed by atoms with van der Waals surface area (Å²) in [5, 5.41) is 0. The van der Waals surface area contributed by atoms with E-state index in [-0.39, 0.29) is 11.8 Å². The fourth-order valence-corrected chi connectivity index (χ4v) is 1.47. The van der Waals surface area contributed by atoms with Gasteiger partial charge < -0.3 is 5.73 Å². The Bertz CT molecular complexity index is 306. The molecule has 0 radical (unpaired) electrons. The van der Waals surface area contributed by atoms with E-state index in [0.29, 0.717) is 6.42 Å². The Morgan fingerprint density at radius 2 is 2.09 bits per heavy atom. The van der Waals surface area contributed by atoms with Gasteiger partial charge in [-0.3, -0.25) is 4.79 Å². The molecule has 0 fully saturated rings. The molecule has 0 aromatic heterocycles. The molecule has 1 aliphatic carbocycles. The first kappa shape index (κ1) is 6.55. The van der Waals surface area contributed by atoms with Crippen LogP contribution in [0.5, 0.6) is 0 Å². The van der Waals surface area contributed by atoms with E-state index in [1.54, 1.807) is 0 Å². The molecule has 2 nitrogen and oxygen atoms in total. The van der Waals surface area contributed by atoms with Gasteiger partial charge in [-0.05, 0) is 11.1 Å². The van der Waals surface area contributed by atoms with Crippen molar-refractivity contribution in [2.45, 2.75) is 12.5 Å². The number of fused-ring (bicyclic) bond motifs is 1. The number of benzene rings is 1. The summed E-state index contributed by atoms with van der Waals surface area (Å²) in [7, 11) is 0. The summed E-state index contributed by atoms with van der Waals surface area (Å²) in [5.41, 5.74) is 7.73. The Kier molecular flexibility index (Phi) is 1.29. The highest BCUT2D eigenvalue weighted by Crippen LogP contribution is 2.25. The van der Waals surface area contributed by atoms with Crippen molar-refractivity contribution < 1.29 is 4.79 Å². The maximum atomic E-state index is 11.1. The zero-order valence-corrected chi connectivity index (χ0v) is 6.08. The number of carbonyl (C=O) groups excluding carboxylic acids is 1. The summed E-state index contributed by atoms with van der Waals surface area (Å²) >= 11 is 0. The van der Waals surface area contributed by atoms with Gasteiger partial charge in [-0.2, -0.15) is 0 Å². The Hall–Kier alpha value is -1.15. The number of rotatable bonds is 0. The monoisotopic (exact) mass is 147 g/mol. The highest BCUT2D eigenvalue weighted by Gasteiger charge is 2.25. The normalized spacial score (nSPS) is 21.9. The van der Waals surface area contributed by atoms with Crippen LogP contribution >= 0.6 is 0 Å². The number of hydrogen-bond donors (Lipinski definition) is 1. The molecule has 0 bridgehead atoms. The Labute approximate surface area is 65.0 Å². The molecule has 2 heteroatoms. The smallest absolute Gasteiger partial charge is 0.158 e. The van der Waals surface area contributed by atoms with Gasteiger partial charge in [0, 0.05) is 6.42 Å². The lowest BCUT2D eigenvalue weighted by atomic mass is 10.1. The third-order valence-electron chi connectivity index (χ3n) is 2.10. The van der Waals surface area contributed by atoms with Gasteiger partial charge in [-0.25, -0.2) is 0 Å². The summed E-state index contributed by atoms with van der Waals surface area (Å²) in [5.74, 6) is 0.131. The maximum absolute atomic E-state index is 11.1. The van der Waals surface area contributed by atoms with E-state index in [1.165, 1.54) is 0 Å². The lowest BCUT2D eigenvalue weighted by Crippen LogP contribution is -2.15. The second-order valence-electron chi connectivity index (χ2n) is 2.82. The zero-order chi connectivity index (χ0) is 7.84. The number of Topliss-reactive ketones (excluding diaryl/α,β-unsaturated/α-hetero) is 1. The molecule has 11 heavy (non-hydrogen) atoms. The number of ketones is 1. The van der Waals surface area contributed by atoms with E-state index in [4.69, 9.17) is 5.73 Å². The first-order valence-corrected chi connectivity index (χ1v) is 3.65. The predicted molar refractivity (Wildman–Crippen MR) is 42.1 cm³/mol. The first-order valence-electron chi connectivity index (χ1n) is 3.65. The summed E-state index contributed by atoms with van der Waals surface area (Å²) in [6, 6.07) is 7.36. The molecule has 0 saturated heterocycles. The largest absolute Gasteiger partial charge is 0.318 e. The number of nitrogens with two attached hydrogens (primary N) is 1. The molecule has 0 spiro atoms. The molecule has 56 valence electrons. The predicted octanol–water partition coefficient (Wildman–Crippen LogP) is 0.812. The molecule has 1 aromatic rings. The summed E-state index contributed by atoms with van der Waals surface area (Å²) < 4.78 is 0. The Morgan fingerprint density at radius 3 is 2.82 bits per heavy atom. The van der Waals surface area contributed by atoms with Crippen molar-refractivity contribution in [1.29, 1.82) is 0 Å². The second kappa shape index (κ2) is 2.17. The minimum absolute atomic E-state index is 0.131. The van der Waals surface area contributed by atoms with Gasteiger partial charge in [-0.1, -0.05) is 24.3 Å². The van der Waals surface area contributed by atoms with Crippen molar-refractivity contribution in [2.24, 2.45) is 5.73 Å². The lowest BCUT2D eigenvalue weighted by Gasteiger charge is -2.00. The summed E-state index contributed by atoms with van der Waals surface area (Å²) in [6.07, 6.45) is 0.511. The van der Waals surface area contributed by atoms with Gasteiger partial charge in [0.25, 0.3) is 0 Å². The van der Waals surface area contributed by atoms with Crippen LogP contribution in [0, 0.1) is 0 Å². The number of hydrogen-bond acceptors (Lipinski definition) is 2. The third-order valence-corrected chi connectivity index (χ3v) is 2.10. The fourth-order valence-electron chi connectivity index (χ4n) is 1.47. The van der Waals surface area contributed by atoms with Crippen LogP contribution < -0.4 is 5.73 Å². The molecular formula is C9H9NO. The van der Waals surface area contributed by atoms with Gasteiger partial charge in [-0.15, -0.1) is 0 Å². The molecule has 2 N–H and O–H groups in total. The van der Waals surface area contributed by atoms with E-state index in [9.17, 15) is 4.79 Å². The fraction of sp³-hybridized carbons (Fsp3) is 0.222. The highest BCUT2D eigenvalue weighted by molar-refractivity contribution is 5.91. The lowest BCUT2D eigenvalue weighted by molar-refractivity contribution is -0.118. The van der Waals surface area contributed by atoms with Crippen LogP contribution in [-0.4, -0.2) is 5.78 Å². The topological polar surface area (TPSA) is 43.1 Å². The van der Waals surface area contributed by atoms with Crippen LogP contribution in [0.2, 0.25) is 0 Å². The van der Waals surface area contributed by atoms with Crippen LogP contribution in [0.1, 0.15) is 17.2 Å². The quantitative estimate of drug-likeness (QED) is 0.590. The van der Waals surface area contributed by atoms with Crippen LogP contribution in [-0.2, 0) is 11.2 Å². The van der Waals surface area contributed by atoms with Gasteiger partial charge in [0.15, 0.2) is 5.78 Å². The first-order chi connectivity index (χ1) is 5.29. The van der Waals surface area contributed by atoms with Crippen LogP contribution in [0.3, 0.4) is 0 Å². The van der Waals surface area contributed by atoms with Crippen LogP contribution in [0.4, 0.5) is 0 Å². The Morgan fingerprint density at radius 1 is 1.36 bits per heavy atom. The molecule has 0 aliphatic heterocycles. The molecule has 0 heterocycles. The molecule has 0 unspecified atom stereocenters. The maximum Gasteiger partial charge on any atom is 0.158 e. The van der Waals surface area contributed by atoms with E-state index in [1.807, 2.05) is 24.3 Å². The highest BCUT2D eigenvalue weighted by atomic mass is 16.1.